The molecule has 19 heavy (non-hydrogen) atoms. The molecule has 0 spiro atoms. The van der Waals surface area contributed by atoms with Crippen LogP contribution in [0, 0.1) is 0 Å². The van der Waals surface area contributed by atoms with Gasteiger partial charge in [0.1, 0.15) is 0 Å². The zero-order valence-corrected chi connectivity index (χ0v) is 12.4. The van der Waals surface area contributed by atoms with E-state index in [4.69, 9.17) is 0 Å². The molecule has 8 heteroatoms. The highest BCUT2D eigenvalue weighted by Gasteiger charge is 2.36. The molecule has 0 radical (unpaired) electrons. The number of nitrogens with one attached hydrogen (secondary N) is 2. The van der Waals surface area contributed by atoms with Crippen molar-refractivity contribution in [3.8, 4) is 0 Å². The van der Waals surface area contributed by atoms with E-state index in [-0.39, 0.29) is 17.9 Å². The molecule has 6 nitrogen and oxygen atoms in total. The van der Waals surface area contributed by atoms with E-state index in [0.717, 1.165) is 19.5 Å². The van der Waals surface area contributed by atoms with E-state index in [1.165, 1.54) is 5.57 Å². The Hall–Kier alpha value is -0.440. The Labute approximate surface area is 114 Å². The Morgan fingerprint density at radius 1 is 1.42 bits per heavy atom. The van der Waals surface area contributed by atoms with Gasteiger partial charge < -0.3 is 5.32 Å². The van der Waals surface area contributed by atoms with Gasteiger partial charge in [-0.1, -0.05) is 11.6 Å². The fraction of sp³-hybridized carbons (Fsp3) is 0.818. The van der Waals surface area contributed by atoms with Crippen molar-refractivity contribution in [1.29, 1.82) is 0 Å². The summed E-state index contributed by atoms with van der Waals surface area (Å²) in [6.45, 7) is 2.12. The summed E-state index contributed by atoms with van der Waals surface area (Å²) < 4.78 is 49.0. The van der Waals surface area contributed by atoms with E-state index in [9.17, 15) is 16.8 Å². The van der Waals surface area contributed by atoms with E-state index >= 15 is 0 Å². The first-order chi connectivity index (χ1) is 8.89. The van der Waals surface area contributed by atoms with Crippen molar-refractivity contribution >= 4 is 19.9 Å². The van der Waals surface area contributed by atoms with Crippen LogP contribution in [0.2, 0.25) is 0 Å². The molecule has 0 bridgehead atoms. The normalized spacial score (nSPS) is 27.2. The zero-order chi connectivity index (χ0) is 13.9. The van der Waals surface area contributed by atoms with E-state index in [1.807, 2.05) is 0 Å². The zero-order valence-electron chi connectivity index (χ0n) is 10.8. The molecule has 1 atom stereocenters. The minimum Gasteiger partial charge on any atom is -0.313 e. The predicted octanol–water partition coefficient (Wildman–Crippen LogP) is -0.597. The third-order valence-electron chi connectivity index (χ3n) is 3.54. The predicted molar refractivity (Wildman–Crippen MR) is 74.2 cm³/mol. The van der Waals surface area contributed by atoms with Crippen LogP contribution in [0.5, 0.6) is 0 Å². The van der Waals surface area contributed by atoms with E-state index in [1.54, 1.807) is 0 Å². The number of hydrogen-bond donors (Lipinski definition) is 2. The lowest BCUT2D eigenvalue weighted by molar-refractivity contribution is 0.566. The maximum Gasteiger partial charge on any atom is 0.215 e. The summed E-state index contributed by atoms with van der Waals surface area (Å²) in [6, 6.07) is 0. The lowest BCUT2D eigenvalue weighted by Crippen LogP contribution is -2.36. The van der Waals surface area contributed by atoms with Crippen LogP contribution in [0.15, 0.2) is 11.6 Å². The Morgan fingerprint density at radius 2 is 2.21 bits per heavy atom. The van der Waals surface area contributed by atoms with Crippen molar-refractivity contribution in [3.63, 3.8) is 0 Å². The van der Waals surface area contributed by atoms with Crippen LogP contribution in [0.1, 0.15) is 19.3 Å². The number of hydrogen-bond acceptors (Lipinski definition) is 5. The molecule has 2 N–H and O–H groups in total. The number of sulfone groups is 1. The summed E-state index contributed by atoms with van der Waals surface area (Å²) in [5.41, 5.74) is 1.25. The first-order valence-electron chi connectivity index (χ1n) is 6.47. The van der Waals surface area contributed by atoms with Crippen LogP contribution in [0.25, 0.3) is 0 Å². The fourth-order valence-electron chi connectivity index (χ4n) is 2.37. The molecule has 1 unspecified atom stereocenters. The number of rotatable bonds is 5. The van der Waals surface area contributed by atoms with Gasteiger partial charge in [-0.05, 0) is 25.8 Å². The van der Waals surface area contributed by atoms with Crippen LogP contribution < -0.4 is 10.0 Å². The van der Waals surface area contributed by atoms with Gasteiger partial charge in [-0.3, -0.25) is 0 Å². The molecule has 0 saturated carbocycles. The minimum atomic E-state index is -3.50. The number of sulfonamides is 1. The highest BCUT2D eigenvalue weighted by atomic mass is 32.2. The minimum absolute atomic E-state index is 0.0185. The van der Waals surface area contributed by atoms with Gasteiger partial charge in [0, 0.05) is 13.1 Å². The molecule has 2 rings (SSSR count). The average molecular weight is 308 g/mol. The van der Waals surface area contributed by atoms with Gasteiger partial charge in [0.15, 0.2) is 9.84 Å². The third kappa shape index (κ3) is 4.27. The molecule has 2 heterocycles. The Morgan fingerprint density at radius 3 is 2.79 bits per heavy atom. The van der Waals surface area contributed by atoms with E-state index < -0.39 is 25.1 Å². The third-order valence-corrected chi connectivity index (χ3v) is 7.40. The second-order valence-corrected chi connectivity index (χ2v) is 9.30. The smallest absolute Gasteiger partial charge is 0.215 e. The molecule has 1 fully saturated rings. The van der Waals surface area contributed by atoms with Crippen molar-refractivity contribution in [2.24, 2.45) is 0 Å². The van der Waals surface area contributed by atoms with Crippen molar-refractivity contribution in [2.75, 3.05) is 31.1 Å². The highest BCUT2D eigenvalue weighted by Crippen LogP contribution is 2.18. The van der Waals surface area contributed by atoms with Crippen LogP contribution in [0.4, 0.5) is 0 Å². The lowest BCUT2D eigenvalue weighted by Gasteiger charge is -2.15. The van der Waals surface area contributed by atoms with Gasteiger partial charge in [-0.25, -0.2) is 21.6 Å². The molecule has 2 aliphatic heterocycles. The van der Waals surface area contributed by atoms with E-state index in [2.05, 4.69) is 16.1 Å². The molecule has 110 valence electrons. The molecular weight excluding hydrogens is 288 g/mol. The largest absolute Gasteiger partial charge is 0.313 e. The topological polar surface area (TPSA) is 92.3 Å². The maximum atomic E-state index is 12.0. The molecule has 1 saturated heterocycles. The van der Waals surface area contributed by atoms with Crippen molar-refractivity contribution in [1.82, 2.24) is 10.0 Å². The van der Waals surface area contributed by atoms with Crippen molar-refractivity contribution < 1.29 is 16.8 Å². The quantitative estimate of drug-likeness (QED) is 0.662. The molecule has 2 aliphatic rings. The van der Waals surface area contributed by atoms with Gasteiger partial charge in [0.05, 0.1) is 16.8 Å². The molecular formula is C11H20N2O4S2. The Kier molecular flexibility index (Phi) is 4.65. The summed E-state index contributed by atoms with van der Waals surface area (Å²) in [4.78, 5) is 0. The van der Waals surface area contributed by atoms with Gasteiger partial charge >= 0.3 is 0 Å². The SMILES string of the molecule is O=S1(=O)CCC(S(=O)(=O)NCCC2=CCNCC2)C1. The first-order valence-corrected chi connectivity index (χ1v) is 9.83. The summed E-state index contributed by atoms with van der Waals surface area (Å²) in [6.07, 6.45) is 3.93. The second kappa shape index (κ2) is 5.90. The monoisotopic (exact) mass is 308 g/mol. The summed E-state index contributed by atoms with van der Waals surface area (Å²) in [5.74, 6) is -0.260. The lowest BCUT2D eigenvalue weighted by atomic mass is 10.1. The first kappa shape index (κ1) is 15.0. The summed E-state index contributed by atoms with van der Waals surface area (Å²) in [7, 11) is -6.67. The Bertz CT molecular complexity index is 551. The molecule has 0 aromatic rings. The molecule has 0 aromatic carbocycles. The average Bonchev–Trinajstić information content (AvgIpc) is 2.72. The fourth-order valence-corrected chi connectivity index (χ4v) is 6.46. The van der Waals surface area contributed by atoms with E-state index in [0.29, 0.717) is 13.0 Å². The van der Waals surface area contributed by atoms with Crippen LogP contribution in [-0.4, -0.2) is 53.2 Å². The van der Waals surface area contributed by atoms with Gasteiger partial charge in [0.2, 0.25) is 10.0 Å². The van der Waals surface area contributed by atoms with Crippen LogP contribution >= 0.6 is 0 Å². The highest BCUT2D eigenvalue weighted by molar-refractivity contribution is 7.95. The summed E-state index contributed by atoms with van der Waals surface area (Å²) >= 11 is 0. The molecule has 0 amide bonds. The second-order valence-electron chi connectivity index (χ2n) is 5.03. The molecule has 0 aliphatic carbocycles. The van der Waals surface area contributed by atoms with Crippen molar-refractivity contribution in [3.05, 3.63) is 11.6 Å². The van der Waals surface area contributed by atoms with Crippen LogP contribution in [0.3, 0.4) is 0 Å². The molecule has 0 aromatic heterocycles. The Balaban J connectivity index is 1.83. The van der Waals surface area contributed by atoms with Crippen molar-refractivity contribution in [2.45, 2.75) is 24.5 Å². The van der Waals surface area contributed by atoms with Crippen LogP contribution in [-0.2, 0) is 19.9 Å². The van der Waals surface area contributed by atoms with Gasteiger partial charge in [0.25, 0.3) is 0 Å². The maximum absolute atomic E-state index is 12.0. The standard InChI is InChI=1S/C11H20N2O4S2/c14-18(15)8-4-11(9-18)19(16,17)13-7-3-10-1-5-12-6-2-10/h1,11-13H,2-9H2. The van der Waals surface area contributed by atoms with Gasteiger partial charge in [-0.15, -0.1) is 0 Å². The van der Waals surface area contributed by atoms with Gasteiger partial charge in [-0.2, -0.15) is 0 Å². The summed E-state index contributed by atoms with van der Waals surface area (Å²) in [5, 5.41) is 2.42.